The summed E-state index contributed by atoms with van der Waals surface area (Å²) in [6.45, 7) is 10.8. The van der Waals surface area contributed by atoms with Crippen LogP contribution in [0.4, 0.5) is 0 Å². The van der Waals surface area contributed by atoms with Gasteiger partial charge in [-0.05, 0) is 44.4 Å². The van der Waals surface area contributed by atoms with Crippen molar-refractivity contribution in [3.05, 3.63) is 0 Å². The third-order valence-corrected chi connectivity index (χ3v) is 3.82. The lowest BCUT2D eigenvalue weighted by Gasteiger charge is -2.53. The number of rotatable bonds is 3. The Morgan fingerprint density at radius 3 is 2.08 bits per heavy atom. The van der Waals surface area contributed by atoms with Crippen molar-refractivity contribution in [2.75, 3.05) is 6.54 Å². The quantitative estimate of drug-likeness (QED) is 0.647. The zero-order valence-electron chi connectivity index (χ0n) is 9.46. The Morgan fingerprint density at radius 2 is 1.69 bits per heavy atom. The predicted octanol–water partition coefficient (Wildman–Crippen LogP) is 2.76. The predicted molar refractivity (Wildman–Crippen MR) is 56.7 cm³/mol. The molecule has 1 aliphatic carbocycles. The van der Waals surface area contributed by atoms with E-state index in [4.69, 9.17) is 0 Å². The van der Waals surface area contributed by atoms with Crippen LogP contribution in [0.1, 0.15) is 40.5 Å². The van der Waals surface area contributed by atoms with E-state index in [2.05, 4.69) is 32.6 Å². The van der Waals surface area contributed by atoms with Crippen molar-refractivity contribution in [2.24, 2.45) is 17.8 Å². The van der Waals surface area contributed by atoms with Gasteiger partial charge in [-0.15, -0.1) is 0 Å². The lowest BCUT2D eigenvalue weighted by molar-refractivity contribution is -0.0484. The zero-order valence-corrected chi connectivity index (χ0v) is 9.46. The number of hydrogen-bond donors (Lipinski definition) is 0. The van der Waals surface area contributed by atoms with Crippen LogP contribution in [0.15, 0.2) is 0 Å². The van der Waals surface area contributed by atoms with E-state index in [0.29, 0.717) is 0 Å². The van der Waals surface area contributed by atoms with Gasteiger partial charge in [0.05, 0.1) is 0 Å². The molecular weight excluding hydrogens is 158 g/mol. The molecule has 1 heteroatoms. The van der Waals surface area contributed by atoms with E-state index < -0.39 is 0 Å². The highest BCUT2D eigenvalue weighted by atomic mass is 15.3. The van der Waals surface area contributed by atoms with E-state index >= 15 is 0 Å². The molecule has 0 amide bonds. The summed E-state index contributed by atoms with van der Waals surface area (Å²) in [7, 11) is 0. The molecule has 0 spiro atoms. The van der Waals surface area contributed by atoms with E-state index in [1.54, 1.807) is 0 Å². The molecule has 0 bridgehead atoms. The SMILES string of the molecule is CC(C)C1C(C2CC2)CN1C(C)C. The molecule has 2 aliphatic rings. The smallest absolute Gasteiger partial charge is 0.0164 e. The highest BCUT2D eigenvalue weighted by Gasteiger charge is 2.48. The van der Waals surface area contributed by atoms with E-state index in [9.17, 15) is 0 Å². The van der Waals surface area contributed by atoms with E-state index in [1.165, 1.54) is 19.4 Å². The molecule has 2 atom stereocenters. The van der Waals surface area contributed by atoms with Gasteiger partial charge >= 0.3 is 0 Å². The van der Waals surface area contributed by atoms with Crippen molar-refractivity contribution in [2.45, 2.75) is 52.6 Å². The average molecular weight is 181 g/mol. The zero-order chi connectivity index (χ0) is 9.59. The van der Waals surface area contributed by atoms with Gasteiger partial charge < -0.3 is 0 Å². The number of nitrogens with zero attached hydrogens (tertiary/aromatic N) is 1. The first-order valence-electron chi connectivity index (χ1n) is 5.87. The second kappa shape index (κ2) is 3.27. The van der Waals surface area contributed by atoms with Crippen molar-refractivity contribution in [1.29, 1.82) is 0 Å². The molecule has 76 valence electrons. The summed E-state index contributed by atoms with van der Waals surface area (Å²) < 4.78 is 0. The molecule has 2 fully saturated rings. The number of hydrogen-bond acceptors (Lipinski definition) is 1. The monoisotopic (exact) mass is 181 g/mol. The molecule has 0 N–H and O–H groups in total. The van der Waals surface area contributed by atoms with Gasteiger partial charge in [-0.1, -0.05) is 13.8 Å². The van der Waals surface area contributed by atoms with Crippen molar-refractivity contribution >= 4 is 0 Å². The number of likely N-dealkylation sites (tertiary alicyclic amines) is 1. The minimum atomic E-state index is 0.752. The Hall–Kier alpha value is -0.0400. The van der Waals surface area contributed by atoms with Crippen LogP contribution >= 0.6 is 0 Å². The van der Waals surface area contributed by atoms with Crippen LogP contribution in [0.2, 0.25) is 0 Å². The minimum Gasteiger partial charge on any atom is -0.297 e. The molecule has 1 saturated heterocycles. The third-order valence-electron chi connectivity index (χ3n) is 3.82. The maximum atomic E-state index is 2.69. The van der Waals surface area contributed by atoms with Gasteiger partial charge in [0.1, 0.15) is 0 Å². The molecule has 1 nitrogen and oxygen atoms in total. The highest BCUT2D eigenvalue weighted by molar-refractivity contribution is 5.01. The third kappa shape index (κ3) is 1.63. The summed E-state index contributed by atoms with van der Waals surface area (Å²) in [5.41, 5.74) is 0. The first-order chi connectivity index (χ1) is 6.11. The fourth-order valence-electron chi connectivity index (χ4n) is 2.97. The van der Waals surface area contributed by atoms with Crippen LogP contribution in [-0.4, -0.2) is 23.5 Å². The summed E-state index contributed by atoms with van der Waals surface area (Å²) in [5, 5.41) is 0. The van der Waals surface area contributed by atoms with Crippen LogP contribution in [0, 0.1) is 17.8 Å². The minimum absolute atomic E-state index is 0.752. The Labute approximate surface area is 82.5 Å². The van der Waals surface area contributed by atoms with E-state index in [1.807, 2.05) is 0 Å². The summed E-state index contributed by atoms with van der Waals surface area (Å²) in [6, 6.07) is 1.65. The molecule has 1 heterocycles. The fourth-order valence-corrected chi connectivity index (χ4v) is 2.97. The van der Waals surface area contributed by atoms with Gasteiger partial charge in [0.25, 0.3) is 0 Å². The summed E-state index contributed by atoms with van der Waals surface area (Å²) in [5.74, 6) is 2.99. The van der Waals surface area contributed by atoms with Crippen molar-refractivity contribution in [1.82, 2.24) is 4.90 Å². The Morgan fingerprint density at radius 1 is 1.08 bits per heavy atom. The normalized spacial score (nSPS) is 35.5. The van der Waals surface area contributed by atoms with Crippen molar-refractivity contribution < 1.29 is 0 Å². The first kappa shape index (κ1) is 9.51. The summed E-state index contributed by atoms with van der Waals surface area (Å²) >= 11 is 0. The molecule has 13 heavy (non-hydrogen) atoms. The van der Waals surface area contributed by atoms with Gasteiger partial charge in [0.2, 0.25) is 0 Å². The van der Waals surface area contributed by atoms with Crippen LogP contribution in [0.3, 0.4) is 0 Å². The van der Waals surface area contributed by atoms with E-state index in [0.717, 1.165) is 29.8 Å². The molecule has 0 aromatic rings. The molecule has 0 radical (unpaired) electrons. The van der Waals surface area contributed by atoms with Crippen LogP contribution < -0.4 is 0 Å². The maximum Gasteiger partial charge on any atom is 0.0164 e. The van der Waals surface area contributed by atoms with Gasteiger partial charge in [0, 0.05) is 18.6 Å². The first-order valence-corrected chi connectivity index (χ1v) is 5.87. The Kier molecular flexibility index (Phi) is 2.39. The summed E-state index contributed by atoms with van der Waals surface area (Å²) in [4.78, 5) is 2.69. The largest absolute Gasteiger partial charge is 0.297 e. The molecule has 2 unspecified atom stereocenters. The Balaban J connectivity index is 1.96. The van der Waals surface area contributed by atoms with E-state index in [-0.39, 0.29) is 0 Å². The molecule has 2 rings (SSSR count). The van der Waals surface area contributed by atoms with Gasteiger partial charge in [-0.3, -0.25) is 4.90 Å². The standard InChI is InChI=1S/C12H23N/c1-8(2)12-11(10-5-6-10)7-13(12)9(3)4/h8-12H,5-7H2,1-4H3. The highest BCUT2D eigenvalue weighted by Crippen LogP contribution is 2.47. The van der Waals surface area contributed by atoms with Crippen molar-refractivity contribution in [3.63, 3.8) is 0 Å². The second-order valence-electron chi connectivity index (χ2n) is 5.53. The second-order valence-corrected chi connectivity index (χ2v) is 5.53. The van der Waals surface area contributed by atoms with Gasteiger partial charge in [0.15, 0.2) is 0 Å². The van der Waals surface area contributed by atoms with Crippen molar-refractivity contribution in [3.8, 4) is 0 Å². The summed E-state index contributed by atoms with van der Waals surface area (Å²) in [6.07, 6.45) is 3.03. The van der Waals surface area contributed by atoms with Crippen LogP contribution in [0.5, 0.6) is 0 Å². The lowest BCUT2D eigenvalue weighted by Crippen LogP contribution is -2.61. The average Bonchev–Trinajstić information content (AvgIpc) is 2.65. The van der Waals surface area contributed by atoms with Crippen LogP contribution in [0.25, 0.3) is 0 Å². The maximum absolute atomic E-state index is 2.69. The van der Waals surface area contributed by atoms with Gasteiger partial charge in [-0.25, -0.2) is 0 Å². The molecule has 1 aliphatic heterocycles. The fraction of sp³-hybridized carbons (Fsp3) is 1.00. The molecule has 0 aromatic carbocycles. The molecular formula is C12H23N. The van der Waals surface area contributed by atoms with Gasteiger partial charge in [-0.2, -0.15) is 0 Å². The lowest BCUT2D eigenvalue weighted by atomic mass is 9.77. The van der Waals surface area contributed by atoms with Crippen LogP contribution in [-0.2, 0) is 0 Å². The molecule has 0 aromatic heterocycles. The molecule has 1 saturated carbocycles. The Bertz CT molecular complexity index is 174. The topological polar surface area (TPSA) is 3.24 Å².